The van der Waals surface area contributed by atoms with Gasteiger partial charge in [-0.2, -0.15) is 5.10 Å². The van der Waals surface area contributed by atoms with Crippen molar-refractivity contribution in [3.63, 3.8) is 0 Å². The molecule has 1 unspecified atom stereocenters. The number of aryl methyl sites for hydroxylation is 1. The van der Waals surface area contributed by atoms with Gasteiger partial charge in [0.1, 0.15) is 5.82 Å². The molecule has 2 aromatic rings. The van der Waals surface area contributed by atoms with E-state index in [1.807, 2.05) is 18.7 Å². The molecule has 0 radical (unpaired) electrons. The SMILES string of the molecule is CCn1ncc(Br)c1C(NC)c1cc(F)ccc1Br. The Balaban J connectivity index is 2.56. The molecular weight excluding hydrogens is 377 g/mol. The summed E-state index contributed by atoms with van der Waals surface area (Å²) in [6.07, 6.45) is 1.76. The van der Waals surface area contributed by atoms with Gasteiger partial charge in [-0.15, -0.1) is 0 Å². The minimum Gasteiger partial charge on any atom is -0.308 e. The van der Waals surface area contributed by atoms with Crippen molar-refractivity contribution in [2.45, 2.75) is 19.5 Å². The van der Waals surface area contributed by atoms with Crippen LogP contribution in [0.1, 0.15) is 24.2 Å². The molecule has 1 N–H and O–H groups in total. The van der Waals surface area contributed by atoms with E-state index in [0.29, 0.717) is 0 Å². The Labute approximate surface area is 128 Å². The van der Waals surface area contributed by atoms with Crippen molar-refractivity contribution in [2.75, 3.05) is 7.05 Å². The summed E-state index contributed by atoms with van der Waals surface area (Å²) in [6, 6.07) is 4.55. The molecule has 1 heterocycles. The van der Waals surface area contributed by atoms with Crippen molar-refractivity contribution in [1.82, 2.24) is 15.1 Å². The third-order valence-corrected chi connectivity index (χ3v) is 4.30. The standard InChI is InChI=1S/C13H14Br2FN3/c1-3-19-13(11(15)7-18-19)12(17-2)9-6-8(16)4-5-10(9)14/h4-7,12,17H,3H2,1-2H3. The molecule has 0 saturated heterocycles. The Bertz CT molecular complexity index is 583. The van der Waals surface area contributed by atoms with Crippen LogP contribution in [0.4, 0.5) is 4.39 Å². The van der Waals surface area contributed by atoms with Gasteiger partial charge in [0.15, 0.2) is 0 Å². The summed E-state index contributed by atoms with van der Waals surface area (Å²) < 4.78 is 17.1. The van der Waals surface area contributed by atoms with Crippen LogP contribution in [0, 0.1) is 5.82 Å². The van der Waals surface area contributed by atoms with Gasteiger partial charge >= 0.3 is 0 Å². The molecular formula is C13H14Br2FN3. The van der Waals surface area contributed by atoms with E-state index in [1.165, 1.54) is 12.1 Å². The molecule has 19 heavy (non-hydrogen) atoms. The molecule has 1 atom stereocenters. The van der Waals surface area contributed by atoms with Crippen LogP contribution >= 0.6 is 31.9 Å². The number of nitrogens with one attached hydrogen (secondary N) is 1. The van der Waals surface area contributed by atoms with Gasteiger partial charge in [0.05, 0.1) is 22.4 Å². The number of rotatable bonds is 4. The van der Waals surface area contributed by atoms with Gasteiger partial charge in [0, 0.05) is 11.0 Å². The second-order valence-electron chi connectivity index (χ2n) is 4.08. The molecule has 0 aliphatic carbocycles. The molecule has 0 saturated carbocycles. The highest BCUT2D eigenvalue weighted by Gasteiger charge is 2.22. The first-order valence-electron chi connectivity index (χ1n) is 5.91. The molecule has 3 nitrogen and oxygen atoms in total. The van der Waals surface area contributed by atoms with Crippen molar-refractivity contribution < 1.29 is 4.39 Å². The van der Waals surface area contributed by atoms with Crippen LogP contribution in [0.5, 0.6) is 0 Å². The van der Waals surface area contributed by atoms with Crippen LogP contribution in [0.3, 0.4) is 0 Å². The van der Waals surface area contributed by atoms with E-state index in [4.69, 9.17) is 0 Å². The summed E-state index contributed by atoms with van der Waals surface area (Å²) >= 11 is 6.98. The molecule has 0 aliphatic rings. The van der Waals surface area contributed by atoms with Gasteiger partial charge in [-0.05, 0) is 53.7 Å². The van der Waals surface area contributed by atoms with Crippen LogP contribution in [0.2, 0.25) is 0 Å². The quantitative estimate of drug-likeness (QED) is 0.858. The van der Waals surface area contributed by atoms with Crippen molar-refractivity contribution in [3.8, 4) is 0 Å². The average molecular weight is 391 g/mol. The molecule has 0 amide bonds. The predicted octanol–water partition coefficient (Wildman–Crippen LogP) is 3.88. The molecule has 0 spiro atoms. The van der Waals surface area contributed by atoms with Crippen molar-refractivity contribution in [2.24, 2.45) is 0 Å². The third kappa shape index (κ3) is 2.90. The maximum atomic E-state index is 13.5. The second-order valence-corrected chi connectivity index (χ2v) is 5.79. The van der Waals surface area contributed by atoms with Crippen LogP contribution in [0.15, 0.2) is 33.3 Å². The lowest BCUT2D eigenvalue weighted by Crippen LogP contribution is -2.22. The van der Waals surface area contributed by atoms with E-state index in [0.717, 1.165) is 26.7 Å². The maximum Gasteiger partial charge on any atom is 0.123 e. The van der Waals surface area contributed by atoms with E-state index >= 15 is 0 Å². The van der Waals surface area contributed by atoms with Crippen LogP contribution in [-0.4, -0.2) is 16.8 Å². The van der Waals surface area contributed by atoms with Crippen LogP contribution in [0.25, 0.3) is 0 Å². The third-order valence-electron chi connectivity index (χ3n) is 2.96. The first-order valence-corrected chi connectivity index (χ1v) is 7.50. The molecule has 0 aliphatic heterocycles. The number of benzene rings is 1. The number of nitrogens with zero attached hydrogens (tertiary/aromatic N) is 2. The van der Waals surface area contributed by atoms with Crippen molar-refractivity contribution in [3.05, 3.63) is 50.4 Å². The minimum atomic E-state index is -0.253. The molecule has 102 valence electrons. The number of hydrogen-bond acceptors (Lipinski definition) is 2. The molecule has 1 aromatic heterocycles. The van der Waals surface area contributed by atoms with Crippen molar-refractivity contribution >= 4 is 31.9 Å². The van der Waals surface area contributed by atoms with Gasteiger partial charge in [-0.3, -0.25) is 4.68 Å². The lowest BCUT2D eigenvalue weighted by molar-refractivity contribution is 0.555. The minimum absolute atomic E-state index is 0.137. The lowest BCUT2D eigenvalue weighted by Gasteiger charge is -2.20. The predicted molar refractivity (Wildman–Crippen MR) is 80.6 cm³/mol. The van der Waals surface area contributed by atoms with Crippen LogP contribution < -0.4 is 5.32 Å². The number of hydrogen-bond donors (Lipinski definition) is 1. The monoisotopic (exact) mass is 389 g/mol. The highest BCUT2D eigenvalue weighted by molar-refractivity contribution is 9.10. The molecule has 0 fully saturated rings. The second kappa shape index (κ2) is 6.15. The summed E-state index contributed by atoms with van der Waals surface area (Å²) in [5.41, 5.74) is 1.83. The molecule has 2 rings (SSSR count). The zero-order valence-corrected chi connectivity index (χ0v) is 13.8. The normalized spacial score (nSPS) is 12.7. The molecule has 6 heteroatoms. The summed E-state index contributed by atoms with van der Waals surface area (Å²) in [4.78, 5) is 0. The van der Waals surface area contributed by atoms with Crippen LogP contribution in [-0.2, 0) is 6.54 Å². The summed E-state index contributed by atoms with van der Waals surface area (Å²) in [7, 11) is 1.85. The van der Waals surface area contributed by atoms with E-state index in [9.17, 15) is 4.39 Å². The Kier molecular flexibility index (Phi) is 4.76. The summed E-state index contributed by atoms with van der Waals surface area (Å²) in [5.74, 6) is -0.253. The summed E-state index contributed by atoms with van der Waals surface area (Å²) in [5, 5.41) is 7.52. The fourth-order valence-electron chi connectivity index (χ4n) is 2.09. The Morgan fingerprint density at radius 1 is 1.37 bits per heavy atom. The fraction of sp³-hybridized carbons (Fsp3) is 0.308. The fourth-order valence-corrected chi connectivity index (χ4v) is 3.09. The smallest absolute Gasteiger partial charge is 0.123 e. The number of aromatic nitrogens is 2. The Morgan fingerprint density at radius 3 is 2.74 bits per heavy atom. The topological polar surface area (TPSA) is 29.9 Å². The summed E-state index contributed by atoms with van der Waals surface area (Å²) in [6.45, 7) is 2.78. The Hall–Kier alpha value is -0.720. The highest BCUT2D eigenvalue weighted by Crippen LogP contribution is 2.32. The first kappa shape index (κ1) is 14.7. The molecule has 1 aromatic carbocycles. The largest absolute Gasteiger partial charge is 0.308 e. The maximum absolute atomic E-state index is 13.5. The van der Waals surface area contributed by atoms with E-state index in [2.05, 4.69) is 42.3 Å². The Morgan fingerprint density at radius 2 is 2.11 bits per heavy atom. The lowest BCUT2D eigenvalue weighted by atomic mass is 10.0. The number of halogens is 3. The average Bonchev–Trinajstić information content (AvgIpc) is 2.76. The van der Waals surface area contributed by atoms with Gasteiger partial charge < -0.3 is 5.32 Å². The van der Waals surface area contributed by atoms with Gasteiger partial charge in [0.2, 0.25) is 0 Å². The first-order chi connectivity index (χ1) is 9.08. The van der Waals surface area contributed by atoms with Gasteiger partial charge in [-0.25, -0.2) is 4.39 Å². The van der Waals surface area contributed by atoms with E-state index < -0.39 is 0 Å². The van der Waals surface area contributed by atoms with Gasteiger partial charge in [0.25, 0.3) is 0 Å². The van der Waals surface area contributed by atoms with Crippen molar-refractivity contribution in [1.29, 1.82) is 0 Å². The zero-order chi connectivity index (χ0) is 14.0. The van der Waals surface area contributed by atoms with E-state index in [-0.39, 0.29) is 11.9 Å². The molecule has 0 bridgehead atoms. The zero-order valence-electron chi connectivity index (χ0n) is 10.6. The van der Waals surface area contributed by atoms with E-state index in [1.54, 1.807) is 12.3 Å². The highest BCUT2D eigenvalue weighted by atomic mass is 79.9. The van der Waals surface area contributed by atoms with Gasteiger partial charge in [-0.1, -0.05) is 15.9 Å².